The molecular formula is C30H24F4N5O2+. The number of aliphatic imine (C=N–C) groups is 1. The maximum absolute atomic E-state index is 15.2. The molecule has 6 rings (SSSR count). The summed E-state index contributed by atoms with van der Waals surface area (Å²) < 4.78 is 57.0. The predicted molar refractivity (Wildman–Crippen MR) is 145 cm³/mol. The van der Waals surface area contributed by atoms with Gasteiger partial charge >= 0.3 is 12.0 Å². The minimum Gasteiger partial charge on any atom is -0.321 e. The number of hydrogen-bond donors (Lipinski definition) is 1. The van der Waals surface area contributed by atoms with Crippen molar-refractivity contribution in [2.75, 3.05) is 6.54 Å². The Balaban J connectivity index is 1.35. The lowest BCUT2D eigenvalue weighted by Crippen LogP contribution is -2.65. The van der Waals surface area contributed by atoms with E-state index in [4.69, 9.17) is 0 Å². The van der Waals surface area contributed by atoms with Crippen LogP contribution in [0.25, 0.3) is 10.8 Å². The number of carbonyl (C=O) groups is 1. The van der Waals surface area contributed by atoms with Gasteiger partial charge in [-0.3, -0.25) is 9.59 Å². The molecule has 0 radical (unpaired) electrons. The van der Waals surface area contributed by atoms with Gasteiger partial charge in [0.2, 0.25) is 0 Å². The summed E-state index contributed by atoms with van der Waals surface area (Å²) in [5.41, 5.74) is 1.41. The van der Waals surface area contributed by atoms with E-state index in [2.05, 4.69) is 15.2 Å². The zero-order valence-electron chi connectivity index (χ0n) is 21.8. The molecule has 0 aliphatic carbocycles. The number of aromatic nitrogens is 2. The summed E-state index contributed by atoms with van der Waals surface area (Å²) >= 11 is 0. The minimum absolute atomic E-state index is 0.0509. The van der Waals surface area contributed by atoms with Crippen LogP contribution in [0.3, 0.4) is 0 Å². The molecule has 11 heteroatoms. The monoisotopic (exact) mass is 562 g/mol. The molecule has 2 aliphatic rings. The van der Waals surface area contributed by atoms with Crippen LogP contribution >= 0.6 is 0 Å². The highest BCUT2D eigenvalue weighted by atomic mass is 19.4. The molecule has 0 saturated carbocycles. The molecule has 3 heterocycles. The molecular weight excluding hydrogens is 538 g/mol. The number of amidine groups is 2. The van der Waals surface area contributed by atoms with Crippen molar-refractivity contribution in [2.24, 2.45) is 4.99 Å². The van der Waals surface area contributed by atoms with Gasteiger partial charge in [-0.2, -0.15) is 18.3 Å². The van der Waals surface area contributed by atoms with E-state index < -0.39 is 35.8 Å². The molecule has 0 saturated heterocycles. The summed E-state index contributed by atoms with van der Waals surface area (Å²) in [4.78, 5) is 31.3. The normalized spacial score (nSPS) is 18.7. The highest BCUT2D eigenvalue weighted by Gasteiger charge is 2.56. The number of carbonyl (C=O) groups excluding carboxylic acids is 1. The third-order valence-corrected chi connectivity index (χ3v) is 7.47. The number of aromatic amines is 1. The van der Waals surface area contributed by atoms with Gasteiger partial charge in [-0.15, -0.1) is 0 Å². The zero-order valence-corrected chi connectivity index (χ0v) is 21.8. The SMILES string of the molecule is CC1CN(C(=O)c2cc(Cc3n[nH]c(=O)c4ccccc34)ccc2F)C(Cc2ccccc2)C2=[N+]1C(C(F)(F)F)=N2. The third-order valence-electron chi connectivity index (χ3n) is 7.47. The topological polar surface area (TPSA) is 81.4 Å². The Morgan fingerprint density at radius 2 is 1.73 bits per heavy atom. The van der Waals surface area contributed by atoms with Crippen molar-refractivity contribution in [1.29, 1.82) is 0 Å². The Hall–Kier alpha value is -4.67. The number of alkyl halides is 3. The Bertz CT molecular complexity index is 1800. The van der Waals surface area contributed by atoms with Crippen molar-refractivity contribution in [2.45, 2.75) is 38.0 Å². The van der Waals surface area contributed by atoms with Crippen molar-refractivity contribution in [1.82, 2.24) is 15.1 Å². The number of H-pyrrole nitrogens is 1. The van der Waals surface area contributed by atoms with Crippen LogP contribution in [-0.2, 0) is 12.8 Å². The smallest absolute Gasteiger partial charge is 0.321 e. The summed E-state index contributed by atoms with van der Waals surface area (Å²) in [5, 5.41) is 7.74. The molecule has 1 N–H and O–H groups in total. The van der Waals surface area contributed by atoms with E-state index in [-0.39, 0.29) is 36.3 Å². The Labute approximate surface area is 231 Å². The van der Waals surface area contributed by atoms with Gasteiger partial charge in [0.25, 0.3) is 17.3 Å². The second-order valence-corrected chi connectivity index (χ2v) is 10.2. The first-order chi connectivity index (χ1) is 19.6. The van der Waals surface area contributed by atoms with Gasteiger partial charge in [0.05, 0.1) is 29.2 Å². The van der Waals surface area contributed by atoms with E-state index in [9.17, 15) is 22.8 Å². The van der Waals surface area contributed by atoms with E-state index in [0.717, 1.165) is 10.1 Å². The van der Waals surface area contributed by atoms with E-state index >= 15 is 4.39 Å². The number of halogens is 4. The summed E-state index contributed by atoms with van der Waals surface area (Å²) in [5.74, 6) is -2.24. The van der Waals surface area contributed by atoms with E-state index in [1.807, 2.05) is 18.2 Å². The van der Waals surface area contributed by atoms with Crippen LogP contribution in [0.15, 0.2) is 82.6 Å². The molecule has 2 aliphatic heterocycles. The second kappa shape index (κ2) is 10.1. The molecule has 1 amide bonds. The molecule has 7 nitrogen and oxygen atoms in total. The highest BCUT2D eigenvalue weighted by molar-refractivity contribution is 6.08. The number of rotatable bonds is 5. The first-order valence-electron chi connectivity index (χ1n) is 13.0. The van der Waals surface area contributed by atoms with Gasteiger partial charge in [0.15, 0.2) is 0 Å². The molecule has 3 aromatic carbocycles. The standard InChI is InChI=1S/C30H23F4N5O2/c1-17-16-38(25(15-18-7-3-2-4-8-18)26-35-29(39(17)26)30(32,33)34)28(41)22-13-19(11-12-23(22)31)14-24-20-9-5-6-10-21(20)27(40)37-36-24/h2-13,17,25H,14-16H2,1H3/p+1. The van der Waals surface area contributed by atoms with Crippen LogP contribution in [-0.4, -0.2) is 62.1 Å². The Morgan fingerprint density at radius 1 is 1.02 bits per heavy atom. The van der Waals surface area contributed by atoms with E-state index in [0.29, 0.717) is 22.0 Å². The van der Waals surface area contributed by atoms with Crippen LogP contribution in [0.5, 0.6) is 0 Å². The van der Waals surface area contributed by atoms with E-state index in [1.165, 1.54) is 23.1 Å². The van der Waals surface area contributed by atoms with Gasteiger partial charge in [0, 0.05) is 18.2 Å². The van der Waals surface area contributed by atoms with Crippen LogP contribution in [0.4, 0.5) is 17.6 Å². The third kappa shape index (κ3) is 4.81. The lowest BCUT2D eigenvalue weighted by Gasteiger charge is -2.41. The first kappa shape index (κ1) is 26.5. The largest absolute Gasteiger partial charge is 0.482 e. The maximum Gasteiger partial charge on any atom is 0.482 e. The van der Waals surface area contributed by atoms with Crippen molar-refractivity contribution in [3.63, 3.8) is 0 Å². The Morgan fingerprint density at radius 3 is 2.46 bits per heavy atom. The van der Waals surface area contributed by atoms with Gasteiger partial charge in [-0.1, -0.05) is 59.6 Å². The quantitative estimate of drug-likeness (QED) is 0.288. The summed E-state index contributed by atoms with van der Waals surface area (Å²) in [7, 11) is 0. The molecule has 2 unspecified atom stereocenters. The molecule has 0 fully saturated rings. The predicted octanol–water partition coefficient (Wildman–Crippen LogP) is 4.49. The van der Waals surface area contributed by atoms with Gasteiger partial charge in [0.1, 0.15) is 11.9 Å². The van der Waals surface area contributed by atoms with Crippen LogP contribution < -0.4 is 5.56 Å². The lowest BCUT2D eigenvalue weighted by atomic mass is 9.96. The molecule has 0 spiro atoms. The van der Waals surface area contributed by atoms with Crippen molar-refractivity contribution in [3.05, 3.63) is 111 Å². The number of nitrogens with zero attached hydrogens (tertiary/aromatic N) is 4. The van der Waals surface area contributed by atoms with Gasteiger partial charge in [-0.05, 0) is 36.2 Å². The highest BCUT2D eigenvalue weighted by Crippen LogP contribution is 2.31. The summed E-state index contributed by atoms with van der Waals surface area (Å²) in [6.45, 7) is 1.53. The molecule has 208 valence electrons. The number of benzene rings is 3. The zero-order chi connectivity index (χ0) is 28.9. The van der Waals surface area contributed by atoms with Crippen molar-refractivity contribution in [3.8, 4) is 0 Å². The molecule has 0 bridgehead atoms. The number of hydrogen-bond acceptors (Lipinski definition) is 4. The number of amides is 1. The van der Waals surface area contributed by atoms with E-state index in [1.54, 1.807) is 43.3 Å². The molecule has 41 heavy (non-hydrogen) atoms. The number of fused-ring (bicyclic) bond motifs is 1. The average Bonchev–Trinajstić information content (AvgIpc) is 2.92. The Kier molecular flexibility index (Phi) is 6.51. The summed E-state index contributed by atoms with van der Waals surface area (Å²) in [6.07, 6.45) is -4.19. The van der Waals surface area contributed by atoms with Crippen molar-refractivity contribution < 1.29 is 26.9 Å². The number of nitrogens with one attached hydrogen (secondary N) is 1. The molecule has 4 aromatic rings. The van der Waals surface area contributed by atoms with Gasteiger partial charge < -0.3 is 4.90 Å². The lowest BCUT2D eigenvalue weighted by molar-refractivity contribution is -0.488. The fourth-order valence-electron chi connectivity index (χ4n) is 5.55. The molecule has 2 atom stereocenters. The maximum atomic E-state index is 15.2. The average molecular weight is 563 g/mol. The fraction of sp³-hybridized carbons (Fsp3) is 0.233. The fourth-order valence-corrected chi connectivity index (χ4v) is 5.55. The van der Waals surface area contributed by atoms with Crippen LogP contribution in [0.1, 0.15) is 34.1 Å². The summed E-state index contributed by atoms with van der Waals surface area (Å²) in [6, 6.07) is 18.7. The molecule has 1 aromatic heterocycles. The van der Waals surface area contributed by atoms with Crippen LogP contribution in [0.2, 0.25) is 0 Å². The first-order valence-corrected chi connectivity index (χ1v) is 13.0. The second-order valence-electron chi connectivity index (χ2n) is 10.2. The van der Waals surface area contributed by atoms with Crippen molar-refractivity contribution >= 4 is 28.4 Å². The minimum atomic E-state index is -4.62. The van der Waals surface area contributed by atoms with Gasteiger partial charge in [-0.25, -0.2) is 14.1 Å². The van der Waals surface area contributed by atoms with Crippen LogP contribution in [0, 0.1) is 5.82 Å².